The number of morpholine rings is 1. The summed E-state index contributed by atoms with van der Waals surface area (Å²) < 4.78 is 16.8. The monoisotopic (exact) mass is 335 g/mol. The van der Waals surface area contributed by atoms with Crippen LogP contribution in [0.4, 0.5) is 0 Å². The Hall–Kier alpha value is -1.14. The molecule has 3 atom stereocenters. The van der Waals surface area contributed by atoms with E-state index in [4.69, 9.17) is 14.2 Å². The summed E-state index contributed by atoms with van der Waals surface area (Å²) >= 11 is 0. The Balaban J connectivity index is 1.42. The van der Waals surface area contributed by atoms with Crippen molar-refractivity contribution in [2.45, 2.75) is 50.5 Å². The number of hydrogen-bond donors (Lipinski definition) is 1. The van der Waals surface area contributed by atoms with Crippen molar-refractivity contribution >= 4 is 0 Å². The minimum atomic E-state index is -0.462. The van der Waals surface area contributed by atoms with Crippen LogP contribution in [0.15, 0.2) is 24.3 Å². The number of aliphatic hydroxyl groups excluding tert-OH is 1. The van der Waals surface area contributed by atoms with E-state index in [1.165, 1.54) is 19.3 Å². The smallest absolute Gasteiger partial charge is 0.119 e. The molecule has 134 valence electrons. The quantitative estimate of drug-likeness (QED) is 0.828. The van der Waals surface area contributed by atoms with Crippen molar-refractivity contribution in [2.75, 3.05) is 33.4 Å². The fraction of sp³-hybridized carbons (Fsp3) is 0.684. The van der Waals surface area contributed by atoms with E-state index in [0.29, 0.717) is 31.9 Å². The second-order valence-electron chi connectivity index (χ2n) is 6.78. The molecule has 1 saturated carbocycles. The predicted molar refractivity (Wildman–Crippen MR) is 92.2 cm³/mol. The molecule has 1 aliphatic heterocycles. The molecule has 24 heavy (non-hydrogen) atoms. The first-order valence-electron chi connectivity index (χ1n) is 9.00. The van der Waals surface area contributed by atoms with Gasteiger partial charge in [0.25, 0.3) is 0 Å². The van der Waals surface area contributed by atoms with Crippen LogP contribution < -0.4 is 4.74 Å². The summed E-state index contributed by atoms with van der Waals surface area (Å²) in [4.78, 5) is 2.40. The topological polar surface area (TPSA) is 51.2 Å². The molecule has 3 unspecified atom stereocenters. The fourth-order valence-corrected chi connectivity index (χ4v) is 3.80. The van der Waals surface area contributed by atoms with Crippen LogP contribution in [0.5, 0.6) is 5.75 Å². The van der Waals surface area contributed by atoms with E-state index in [0.717, 1.165) is 30.9 Å². The first-order chi connectivity index (χ1) is 11.8. The molecule has 1 aliphatic carbocycles. The summed E-state index contributed by atoms with van der Waals surface area (Å²) in [7, 11) is 1.66. The molecule has 0 radical (unpaired) electrons. The molecule has 1 aromatic rings. The van der Waals surface area contributed by atoms with Crippen molar-refractivity contribution in [1.29, 1.82) is 0 Å². The van der Waals surface area contributed by atoms with Gasteiger partial charge in [0.2, 0.25) is 0 Å². The summed E-state index contributed by atoms with van der Waals surface area (Å²) in [6.45, 7) is 3.20. The van der Waals surface area contributed by atoms with Gasteiger partial charge in [-0.05, 0) is 30.5 Å². The highest BCUT2D eigenvalue weighted by Crippen LogP contribution is 2.28. The van der Waals surface area contributed by atoms with Gasteiger partial charge in [-0.25, -0.2) is 0 Å². The van der Waals surface area contributed by atoms with Gasteiger partial charge in [-0.15, -0.1) is 0 Å². The molecule has 2 fully saturated rings. The number of rotatable bonds is 7. The fourth-order valence-electron chi connectivity index (χ4n) is 3.80. The van der Waals surface area contributed by atoms with E-state index in [2.05, 4.69) is 4.90 Å². The summed E-state index contributed by atoms with van der Waals surface area (Å²) in [5.74, 6) is 0.827. The van der Waals surface area contributed by atoms with Gasteiger partial charge in [0.05, 0.1) is 39.1 Å². The van der Waals surface area contributed by atoms with E-state index in [-0.39, 0.29) is 0 Å². The lowest BCUT2D eigenvalue weighted by molar-refractivity contribution is -0.103. The molecular formula is C19H29NO4. The Morgan fingerprint density at radius 2 is 2.21 bits per heavy atom. The largest absolute Gasteiger partial charge is 0.497 e. The molecule has 2 aliphatic rings. The highest BCUT2D eigenvalue weighted by molar-refractivity contribution is 5.27. The SMILES string of the molecule is COc1cccc(COCC(O)CN2CCOC3CCCCC32)c1. The molecule has 0 amide bonds. The predicted octanol–water partition coefficient (Wildman–Crippen LogP) is 2.22. The number of aliphatic hydroxyl groups is 1. The summed E-state index contributed by atoms with van der Waals surface area (Å²) in [6.07, 6.45) is 4.77. The molecule has 1 aromatic carbocycles. The van der Waals surface area contributed by atoms with Gasteiger partial charge in [0.1, 0.15) is 5.75 Å². The Kier molecular flexibility index (Phi) is 6.49. The molecule has 0 aromatic heterocycles. The zero-order chi connectivity index (χ0) is 16.8. The van der Waals surface area contributed by atoms with Gasteiger partial charge >= 0.3 is 0 Å². The van der Waals surface area contributed by atoms with Gasteiger partial charge in [0, 0.05) is 19.1 Å². The third kappa shape index (κ3) is 4.70. The highest BCUT2D eigenvalue weighted by Gasteiger charge is 2.34. The van der Waals surface area contributed by atoms with E-state index in [9.17, 15) is 5.11 Å². The molecule has 0 spiro atoms. The van der Waals surface area contributed by atoms with Crippen molar-refractivity contribution in [3.8, 4) is 5.75 Å². The third-order valence-corrected chi connectivity index (χ3v) is 5.01. The zero-order valence-electron chi connectivity index (χ0n) is 14.5. The molecule has 1 N–H and O–H groups in total. The number of β-amino-alcohol motifs (C(OH)–C–C–N with tert-alkyl or cyclic N) is 1. The second kappa shape index (κ2) is 8.81. The lowest BCUT2D eigenvalue weighted by atomic mass is 9.90. The second-order valence-corrected chi connectivity index (χ2v) is 6.78. The Labute approximate surface area is 144 Å². The van der Waals surface area contributed by atoms with E-state index in [1.807, 2.05) is 24.3 Å². The van der Waals surface area contributed by atoms with Crippen molar-refractivity contribution in [2.24, 2.45) is 0 Å². The Morgan fingerprint density at radius 1 is 1.33 bits per heavy atom. The third-order valence-electron chi connectivity index (χ3n) is 5.01. The Bertz CT molecular complexity index is 508. The normalized spacial score (nSPS) is 25.9. The Morgan fingerprint density at radius 3 is 3.08 bits per heavy atom. The maximum Gasteiger partial charge on any atom is 0.119 e. The first-order valence-corrected chi connectivity index (χ1v) is 9.00. The maximum absolute atomic E-state index is 10.3. The molecule has 5 heteroatoms. The first kappa shape index (κ1) is 17.7. The summed E-state index contributed by atoms with van der Waals surface area (Å²) in [5, 5.41) is 10.3. The van der Waals surface area contributed by atoms with E-state index >= 15 is 0 Å². The van der Waals surface area contributed by atoms with E-state index < -0.39 is 6.10 Å². The van der Waals surface area contributed by atoms with Gasteiger partial charge in [-0.2, -0.15) is 0 Å². The minimum absolute atomic E-state index is 0.353. The molecule has 3 rings (SSSR count). The van der Waals surface area contributed by atoms with Crippen LogP contribution in [0, 0.1) is 0 Å². The van der Waals surface area contributed by atoms with Crippen LogP contribution >= 0.6 is 0 Å². The highest BCUT2D eigenvalue weighted by atomic mass is 16.5. The van der Waals surface area contributed by atoms with E-state index in [1.54, 1.807) is 7.11 Å². The van der Waals surface area contributed by atoms with Crippen molar-refractivity contribution < 1.29 is 19.3 Å². The minimum Gasteiger partial charge on any atom is -0.497 e. The van der Waals surface area contributed by atoms with Gasteiger partial charge in [0.15, 0.2) is 0 Å². The zero-order valence-corrected chi connectivity index (χ0v) is 14.5. The van der Waals surface area contributed by atoms with Crippen LogP contribution in [0.2, 0.25) is 0 Å². The van der Waals surface area contributed by atoms with Crippen molar-refractivity contribution in [1.82, 2.24) is 4.90 Å². The van der Waals surface area contributed by atoms with Gasteiger partial charge in [-0.3, -0.25) is 4.90 Å². The number of nitrogens with zero attached hydrogens (tertiary/aromatic N) is 1. The summed E-state index contributed by atoms with van der Waals surface area (Å²) in [6, 6.07) is 8.30. The lowest BCUT2D eigenvalue weighted by Crippen LogP contribution is -2.54. The number of benzene rings is 1. The van der Waals surface area contributed by atoms with Crippen LogP contribution in [0.3, 0.4) is 0 Å². The maximum atomic E-state index is 10.3. The molecule has 0 bridgehead atoms. The van der Waals surface area contributed by atoms with Crippen LogP contribution in [-0.4, -0.2) is 61.7 Å². The van der Waals surface area contributed by atoms with Crippen LogP contribution in [0.1, 0.15) is 31.2 Å². The van der Waals surface area contributed by atoms with Crippen molar-refractivity contribution in [3.63, 3.8) is 0 Å². The number of hydrogen-bond acceptors (Lipinski definition) is 5. The van der Waals surface area contributed by atoms with Gasteiger partial charge in [-0.1, -0.05) is 25.0 Å². The van der Waals surface area contributed by atoms with Crippen molar-refractivity contribution in [3.05, 3.63) is 29.8 Å². The number of fused-ring (bicyclic) bond motifs is 1. The lowest BCUT2D eigenvalue weighted by Gasteiger charge is -2.44. The summed E-state index contributed by atoms with van der Waals surface area (Å²) in [5.41, 5.74) is 1.06. The average Bonchev–Trinajstić information content (AvgIpc) is 2.62. The number of methoxy groups -OCH3 is 1. The van der Waals surface area contributed by atoms with Gasteiger partial charge < -0.3 is 19.3 Å². The average molecular weight is 335 g/mol. The van der Waals surface area contributed by atoms with Crippen LogP contribution in [-0.2, 0) is 16.1 Å². The molecule has 1 saturated heterocycles. The van der Waals surface area contributed by atoms with Crippen LogP contribution in [0.25, 0.3) is 0 Å². The standard InChI is InChI=1S/C19H29NO4/c1-22-17-6-4-5-15(11-17)13-23-14-16(21)12-20-9-10-24-19-8-3-2-7-18(19)20/h4-6,11,16,18-19,21H,2-3,7-10,12-14H2,1H3. The molecular weight excluding hydrogens is 306 g/mol. The number of ether oxygens (including phenoxy) is 3. The molecule has 1 heterocycles. The molecule has 5 nitrogen and oxygen atoms in total.